The van der Waals surface area contributed by atoms with Crippen molar-refractivity contribution in [2.45, 2.75) is 67.7 Å². The minimum atomic E-state index is -4.51. The van der Waals surface area contributed by atoms with Gasteiger partial charge in [0.15, 0.2) is 0 Å². The molecule has 204 valence electrons. The van der Waals surface area contributed by atoms with E-state index >= 15 is 0 Å². The summed E-state index contributed by atoms with van der Waals surface area (Å²) in [5.41, 5.74) is 0.721. The zero-order chi connectivity index (χ0) is 27.1. The van der Waals surface area contributed by atoms with Crippen molar-refractivity contribution in [3.05, 3.63) is 35.9 Å². The maximum absolute atomic E-state index is 13.2. The Hall–Kier alpha value is -2.75. The molecule has 0 spiro atoms. The van der Waals surface area contributed by atoms with Gasteiger partial charge < -0.3 is 24.8 Å². The Kier molecular flexibility index (Phi) is 7.13. The van der Waals surface area contributed by atoms with Crippen LogP contribution in [0.1, 0.15) is 56.1 Å². The van der Waals surface area contributed by atoms with Crippen LogP contribution in [0.15, 0.2) is 28.7 Å². The molecule has 1 aliphatic heterocycles. The van der Waals surface area contributed by atoms with Crippen molar-refractivity contribution in [1.29, 1.82) is 5.26 Å². The van der Waals surface area contributed by atoms with Crippen LogP contribution in [0, 0.1) is 17.2 Å². The molecule has 1 aromatic heterocycles. The number of nitrogens with zero attached hydrogens (tertiary/aromatic N) is 3. The van der Waals surface area contributed by atoms with E-state index in [4.69, 9.17) is 4.42 Å². The van der Waals surface area contributed by atoms with Crippen LogP contribution in [0.4, 0.5) is 18.9 Å². The van der Waals surface area contributed by atoms with E-state index in [-0.39, 0.29) is 23.9 Å². The molecule has 2 aliphatic carbocycles. The van der Waals surface area contributed by atoms with Gasteiger partial charge in [0.05, 0.1) is 12.6 Å². The van der Waals surface area contributed by atoms with Crippen LogP contribution in [0.5, 0.6) is 0 Å². The van der Waals surface area contributed by atoms with Crippen molar-refractivity contribution in [2.24, 2.45) is 5.92 Å². The van der Waals surface area contributed by atoms with E-state index in [1.165, 1.54) is 0 Å². The van der Waals surface area contributed by atoms with Crippen LogP contribution in [-0.2, 0) is 11.2 Å². The number of hydrogen-bond acceptors (Lipinski definition) is 8. The van der Waals surface area contributed by atoms with Gasteiger partial charge in [0.2, 0.25) is 16.9 Å². The maximum Gasteiger partial charge on any atom is 0.397 e. The van der Waals surface area contributed by atoms with Crippen molar-refractivity contribution < 1.29 is 32.6 Å². The molecule has 38 heavy (non-hydrogen) atoms. The van der Waals surface area contributed by atoms with Gasteiger partial charge in [-0.05, 0) is 37.8 Å². The molecule has 8 nitrogen and oxygen atoms in total. The van der Waals surface area contributed by atoms with E-state index in [9.17, 15) is 33.4 Å². The summed E-state index contributed by atoms with van der Waals surface area (Å²) in [6.07, 6.45) is -1.95. The molecule has 3 aliphatic rings. The Morgan fingerprint density at radius 1 is 1.24 bits per heavy atom. The van der Waals surface area contributed by atoms with E-state index < -0.39 is 41.0 Å². The molecule has 2 heterocycles. The second kappa shape index (κ2) is 10.1. The Morgan fingerprint density at radius 3 is 2.58 bits per heavy atom. The number of carbonyl (C=O) groups excluding carboxylic acids is 1. The minimum absolute atomic E-state index is 0.0189. The van der Waals surface area contributed by atoms with Crippen LogP contribution in [0.25, 0.3) is 11.3 Å². The lowest BCUT2D eigenvalue weighted by molar-refractivity contribution is -0.131. The average Bonchev–Trinajstić information content (AvgIpc) is 3.52. The third-order valence-corrected chi connectivity index (χ3v) is 8.39. The number of aromatic nitrogens is 1. The third kappa shape index (κ3) is 5.95. The molecule has 3 N–H and O–H groups in total. The monoisotopic (exact) mass is 550 g/mol. The van der Waals surface area contributed by atoms with E-state index in [1.807, 2.05) is 4.90 Å². The lowest BCUT2D eigenvalue weighted by Gasteiger charge is -2.36. The fourth-order valence-electron chi connectivity index (χ4n) is 5.30. The molecule has 1 saturated heterocycles. The van der Waals surface area contributed by atoms with Gasteiger partial charge >= 0.3 is 6.18 Å². The number of oxazole rings is 1. The number of alkyl halides is 3. The maximum atomic E-state index is 13.2. The number of hydrogen-bond donors (Lipinski definition) is 3. The molecule has 2 saturated carbocycles. The molecule has 2 unspecified atom stereocenters. The molecule has 1 aromatic carbocycles. The molecule has 1 amide bonds. The van der Waals surface area contributed by atoms with Gasteiger partial charge in [-0.25, -0.2) is 4.98 Å². The van der Waals surface area contributed by atoms with Crippen LogP contribution < -0.4 is 10.2 Å². The number of halogens is 3. The number of nitriles is 1. The molecule has 12 heteroatoms. The van der Waals surface area contributed by atoms with Gasteiger partial charge in [-0.3, -0.25) is 4.79 Å². The number of thioether (sulfide) groups is 1. The van der Waals surface area contributed by atoms with Crippen LogP contribution in [-0.4, -0.2) is 56.8 Å². The number of carbonyl (C=O) groups is 1. The molecule has 0 radical (unpaired) electrons. The number of rotatable bonds is 6. The van der Waals surface area contributed by atoms with Gasteiger partial charge in [0.25, 0.3) is 0 Å². The summed E-state index contributed by atoms with van der Waals surface area (Å²) in [6.45, 7) is 0.631. The van der Waals surface area contributed by atoms with Gasteiger partial charge in [-0.2, -0.15) is 18.4 Å². The normalized spacial score (nSPS) is 24.5. The summed E-state index contributed by atoms with van der Waals surface area (Å²) in [4.78, 5) is 19.3. The predicted octanol–water partition coefficient (Wildman–Crippen LogP) is 4.08. The van der Waals surface area contributed by atoms with Crippen molar-refractivity contribution in [1.82, 2.24) is 10.3 Å². The van der Waals surface area contributed by atoms with Crippen molar-refractivity contribution in [3.8, 4) is 17.3 Å². The molecule has 2 aromatic rings. The first-order valence-electron chi connectivity index (χ1n) is 12.7. The zero-order valence-corrected chi connectivity index (χ0v) is 21.4. The van der Waals surface area contributed by atoms with Crippen molar-refractivity contribution in [2.75, 3.05) is 23.7 Å². The standard InChI is InChI=1S/C26H29F3N4O4S/c27-25(28,29)13-20-31-21(16-5-7-17(8-6-16)33-11-12-38-26(35,36)15-33)22(37-20)18-3-1-2-4-19(18)23(34)32-24(14-30)9-10-24/h5-8,18-19,35-36H,1-4,9-13,15H2,(H,32,34). The number of anilines is 1. The summed E-state index contributed by atoms with van der Waals surface area (Å²) in [5, 5.41) is 30.4. The van der Waals surface area contributed by atoms with Gasteiger partial charge in [0.1, 0.15) is 23.4 Å². The molecule has 3 fully saturated rings. The Balaban J connectivity index is 1.46. The molecular weight excluding hydrogens is 521 g/mol. The SMILES string of the molecule is N#CC1(NC(=O)C2CCCCC2c2oc(CC(F)(F)F)nc2-c2ccc(N3CCSC(O)(O)C3)cc2)CC1. The highest BCUT2D eigenvalue weighted by Gasteiger charge is 2.47. The fraction of sp³-hybridized carbons (Fsp3) is 0.577. The fourth-order valence-corrected chi connectivity index (χ4v) is 6.19. The van der Waals surface area contributed by atoms with Gasteiger partial charge in [-0.15, -0.1) is 0 Å². The third-order valence-electron chi connectivity index (χ3n) is 7.41. The summed E-state index contributed by atoms with van der Waals surface area (Å²) in [6, 6.07) is 9.12. The largest absolute Gasteiger partial charge is 0.444 e. The van der Waals surface area contributed by atoms with E-state index in [2.05, 4.69) is 16.4 Å². The average molecular weight is 551 g/mol. The van der Waals surface area contributed by atoms with E-state index in [0.717, 1.165) is 30.3 Å². The lowest BCUT2D eigenvalue weighted by atomic mass is 9.76. The molecule has 0 bridgehead atoms. The second-order valence-electron chi connectivity index (χ2n) is 10.4. The minimum Gasteiger partial charge on any atom is -0.444 e. The first kappa shape index (κ1) is 26.8. The number of aliphatic hydroxyl groups is 2. The van der Waals surface area contributed by atoms with Gasteiger partial charge in [0, 0.05) is 35.4 Å². The molecule has 5 rings (SSSR count). The highest BCUT2D eigenvalue weighted by atomic mass is 32.2. The number of β-amino-alcohol motifs (C(OH)–C–C–N with tert-alkyl or cyclic N) is 2. The topological polar surface area (TPSA) is 123 Å². The summed E-state index contributed by atoms with van der Waals surface area (Å²) < 4.78 is 45.5. The highest BCUT2D eigenvalue weighted by molar-refractivity contribution is 8.00. The van der Waals surface area contributed by atoms with Crippen LogP contribution in [0.2, 0.25) is 0 Å². The first-order chi connectivity index (χ1) is 18.0. The van der Waals surface area contributed by atoms with Crippen molar-refractivity contribution >= 4 is 23.4 Å². The summed E-state index contributed by atoms with van der Waals surface area (Å²) in [7, 11) is 0. The Bertz CT molecular complexity index is 1220. The zero-order valence-electron chi connectivity index (χ0n) is 20.6. The van der Waals surface area contributed by atoms with Crippen molar-refractivity contribution in [3.63, 3.8) is 0 Å². The van der Waals surface area contributed by atoms with E-state index in [0.29, 0.717) is 43.5 Å². The number of benzene rings is 1. The lowest BCUT2D eigenvalue weighted by Crippen LogP contribution is -2.46. The smallest absolute Gasteiger partial charge is 0.397 e. The number of amides is 1. The Labute approximate surface area is 222 Å². The molecule has 2 atom stereocenters. The van der Waals surface area contributed by atoms with Gasteiger partial charge in [-0.1, -0.05) is 36.7 Å². The first-order valence-corrected chi connectivity index (χ1v) is 13.7. The number of nitrogens with one attached hydrogen (secondary N) is 1. The Morgan fingerprint density at radius 2 is 1.95 bits per heavy atom. The predicted molar refractivity (Wildman–Crippen MR) is 134 cm³/mol. The summed E-state index contributed by atoms with van der Waals surface area (Å²) in [5.74, 6) is -0.939. The quantitative estimate of drug-likeness (QED) is 0.460. The highest BCUT2D eigenvalue weighted by Crippen LogP contribution is 2.44. The summed E-state index contributed by atoms with van der Waals surface area (Å²) >= 11 is 1.06. The van der Waals surface area contributed by atoms with E-state index in [1.54, 1.807) is 24.3 Å². The second-order valence-corrected chi connectivity index (χ2v) is 11.7. The van der Waals surface area contributed by atoms with Crippen LogP contribution >= 0.6 is 11.8 Å². The van der Waals surface area contributed by atoms with Crippen LogP contribution in [0.3, 0.4) is 0 Å². The molecular formula is C26H29F3N4O4S.